The second kappa shape index (κ2) is 8.43. The van der Waals surface area contributed by atoms with Gasteiger partial charge in [0.05, 0.1) is 0 Å². The molecule has 1 aromatic heterocycles. The quantitative estimate of drug-likeness (QED) is 0.887. The molecule has 5 heteroatoms. The molecule has 24 heavy (non-hydrogen) atoms. The van der Waals surface area contributed by atoms with Gasteiger partial charge in [0.1, 0.15) is 0 Å². The number of carbonyl (C=O) groups excluding carboxylic acids is 1. The van der Waals surface area contributed by atoms with E-state index in [2.05, 4.69) is 32.3 Å². The van der Waals surface area contributed by atoms with Crippen LogP contribution < -0.4 is 10.2 Å². The average molecular weight is 324 g/mol. The number of amides is 1. The first-order chi connectivity index (χ1) is 11.8. The summed E-state index contributed by atoms with van der Waals surface area (Å²) >= 11 is 0. The van der Waals surface area contributed by atoms with Crippen LogP contribution in [-0.2, 0) is 11.2 Å². The molecule has 1 aromatic carbocycles. The Morgan fingerprint density at radius 1 is 1.08 bits per heavy atom. The van der Waals surface area contributed by atoms with E-state index in [-0.39, 0.29) is 5.91 Å². The van der Waals surface area contributed by atoms with Gasteiger partial charge in [0, 0.05) is 38.4 Å². The lowest BCUT2D eigenvalue weighted by Crippen LogP contribution is -2.39. The lowest BCUT2D eigenvalue weighted by atomic mass is 9.97. The number of carbonyl (C=O) groups is 1. The summed E-state index contributed by atoms with van der Waals surface area (Å²) in [5, 5.41) is 3.09. The Bertz CT molecular complexity index is 624. The zero-order chi connectivity index (χ0) is 16.6. The number of hydrogen-bond donors (Lipinski definition) is 1. The van der Waals surface area contributed by atoms with Crippen LogP contribution in [0.3, 0.4) is 0 Å². The topological polar surface area (TPSA) is 58.1 Å². The molecule has 1 amide bonds. The van der Waals surface area contributed by atoms with E-state index in [4.69, 9.17) is 0 Å². The van der Waals surface area contributed by atoms with Gasteiger partial charge < -0.3 is 10.2 Å². The van der Waals surface area contributed by atoms with Crippen LogP contribution in [0, 0.1) is 5.92 Å². The van der Waals surface area contributed by atoms with Gasteiger partial charge in [-0.3, -0.25) is 4.79 Å². The fourth-order valence-electron chi connectivity index (χ4n) is 3.04. The van der Waals surface area contributed by atoms with Crippen molar-refractivity contribution in [1.29, 1.82) is 0 Å². The average Bonchev–Trinajstić information content (AvgIpc) is 2.67. The number of aromatic nitrogens is 2. The standard InChI is InChI=1S/C19H24N4O/c24-18(8-7-16-5-2-1-3-6-16)22-15-17-9-13-23(14-10-17)19-20-11-4-12-21-19/h1-6,11-12,17H,7-10,13-15H2,(H,22,24). The molecule has 126 valence electrons. The molecule has 0 aliphatic carbocycles. The molecular formula is C19H24N4O. The highest BCUT2D eigenvalue weighted by molar-refractivity contribution is 5.76. The molecule has 0 bridgehead atoms. The SMILES string of the molecule is O=C(CCc1ccccc1)NCC1CCN(c2ncccn2)CC1. The lowest BCUT2D eigenvalue weighted by molar-refractivity contribution is -0.121. The van der Waals surface area contributed by atoms with Crippen LogP contribution >= 0.6 is 0 Å². The summed E-state index contributed by atoms with van der Waals surface area (Å²) in [6.45, 7) is 2.68. The van der Waals surface area contributed by atoms with E-state index in [1.165, 1.54) is 5.56 Å². The Balaban J connectivity index is 1.35. The Morgan fingerprint density at radius 2 is 1.79 bits per heavy atom. The normalized spacial score (nSPS) is 15.2. The molecule has 0 saturated carbocycles. The van der Waals surface area contributed by atoms with Gasteiger partial charge in [-0.15, -0.1) is 0 Å². The third-order valence-electron chi connectivity index (χ3n) is 4.52. The van der Waals surface area contributed by atoms with Crippen LogP contribution in [0.2, 0.25) is 0 Å². The Kier molecular flexibility index (Phi) is 5.77. The minimum Gasteiger partial charge on any atom is -0.356 e. The third-order valence-corrected chi connectivity index (χ3v) is 4.52. The molecular weight excluding hydrogens is 300 g/mol. The minimum absolute atomic E-state index is 0.146. The summed E-state index contributed by atoms with van der Waals surface area (Å²) in [4.78, 5) is 22.8. The summed E-state index contributed by atoms with van der Waals surface area (Å²) in [6.07, 6.45) is 7.05. The maximum atomic E-state index is 12.0. The summed E-state index contributed by atoms with van der Waals surface area (Å²) < 4.78 is 0. The van der Waals surface area contributed by atoms with Gasteiger partial charge >= 0.3 is 0 Å². The molecule has 0 unspecified atom stereocenters. The lowest BCUT2D eigenvalue weighted by Gasteiger charge is -2.31. The van der Waals surface area contributed by atoms with Crippen molar-refractivity contribution in [1.82, 2.24) is 15.3 Å². The van der Waals surface area contributed by atoms with E-state index in [0.29, 0.717) is 12.3 Å². The molecule has 0 atom stereocenters. The fraction of sp³-hybridized carbons (Fsp3) is 0.421. The van der Waals surface area contributed by atoms with E-state index < -0.39 is 0 Å². The van der Waals surface area contributed by atoms with Crippen LogP contribution in [0.1, 0.15) is 24.8 Å². The van der Waals surface area contributed by atoms with Crippen molar-refractivity contribution < 1.29 is 4.79 Å². The number of rotatable bonds is 6. The molecule has 1 N–H and O–H groups in total. The summed E-state index contributed by atoms with van der Waals surface area (Å²) in [5.41, 5.74) is 1.21. The summed E-state index contributed by atoms with van der Waals surface area (Å²) in [7, 11) is 0. The molecule has 2 heterocycles. The molecule has 1 aliphatic heterocycles. The van der Waals surface area contributed by atoms with Gasteiger partial charge in [0.25, 0.3) is 0 Å². The highest BCUT2D eigenvalue weighted by atomic mass is 16.1. The Hall–Kier alpha value is -2.43. The number of benzene rings is 1. The van der Waals surface area contributed by atoms with E-state index >= 15 is 0 Å². The van der Waals surface area contributed by atoms with Crippen molar-refractivity contribution in [2.24, 2.45) is 5.92 Å². The van der Waals surface area contributed by atoms with Crippen molar-refractivity contribution in [2.75, 3.05) is 24.5 Å². The number of anilines is 1. The van der Waals surface area contributed by atoms with E-state index in [1.54, 1.807) is 12.4 Å². The molecule has 2 aromatic rings. The maximum Gasteiger partial charge on any atom is 0.225 e. The zero-order valence-electron chi connectivity index (χ0n) is 13.9. The van der Waals surface area contributed by atoms with Crippen molar-refractivity contribution in [3.05, 3.63) is 54.4 Å². The number of aryl methyl sites for hydroxylation is 1. The monoisotopic (exact) mass is 324 g/mol. The van der Waals surface area contributed by atoms with Crippen LogP contribution in [-0.4, -0.2) is 35.5 Å². The first-order valence-electron chi connectivity index (χ1n) is 8.64. The van der Waals surface area contributed by atoms with E-state index in [0.717, 1.165) is 44.8 Å². The first-order valence-corrected chi connectivity index (χ1v) is 8.64. The van der Waals surface area contributed by atoms with Gasteiger partial charge in [-0.25, -0.2) is 9.97 Å². The van der Waals surface area contributed by atoms with E-state index in [1.807, 2.05) is 24.3 Å². The number of nitrogens with one attached hydrogen (secondary N) is 1. The fourth-order valence-corrected chi connectivity index (χ4v) is 3.04. The van der Waals surface area contributed by atoms with Crippen molar-refractivity contribution in [2.45, 2.75) is 25.7 Å². The molecule has 3 rings (SSSR count). The number of nitrogens with zero attached hydrogens (tertiary/aromatic N) is 3. The van der Waals surface area contributed by atoms with E-state index in [9.17, 15) is 4.79 Å². The molecule has 0 radical (unpaired) electrons. The second-order valence-electron chi connectivity index (χ2n) is 6.27. The van der Waals surface area contributed by atoms with Crippen molar-refractivity contribution >= 4 is 11.9 Å². The molecule has 1 aliphatic rings. The summed E-state index contributed by atoms with van der Waals surface area (Å²) in [5.74, 6) is 1.50. The Morgan fingerprint density at radius 3 is 2.50 bits per heavy atom. The molecule has 0 spiro atoms. The largest absolute Gasteiger partial charge is 0.356 e. The predicted molar refractivity (Wildman–Crippen MR) is 94.7 cm³/mol. The summed E-state index contributed by atoms with van der Waals surface area (Å²) in [6, 6.07) is 12.0. The van der Waals surface area contributed by atoms with Gasteiger partial charge in [-0.1, -0.05) is 30.3 Å². The van der Waals surface area contributed by atoms with Crippen LogP contribution in [0.5, 0.6) is 0 Å². The zero-order valence-corrected chi connectivity index (χ0v) is 13.9. The first kappa shape index (κ1) is 16.4. The Labute approximate surface area is 143 Å². The van der Waals surface area contributed by atoms with Gasteiger partial charge in [0.2, 0.25) is 11.9 Å². The van der Waals surface area contributed by atoms with Crippen molar-refractivity contribution in [3.8, 4) is 0 Å². The van der Waals surface area contributed by atoms with Gasteiger partial charge in [-0.2, -0.15) is 0 Å². The highest BCUT2D eigenvalue weighted by Gasteiger charge is 2.21. The van der Waals surface area contributed by atoms with Crippen LogP contribution in [0.25, 0.3) is 0 Å². The highest BCUT2D eigenvalue weighted by Crippen LogP contribution is 2.19. The minimum atomic E-state index is 0.146. The number of piperidine rings is 1. The third kappa shape index (κ3) is 4.78. The van der Waals surface area contributed by atoms with Crippen LogP contribution in [0.15, 0.2) is 48.8 Å². The van der Waals surface area contributed by atoms with Crippen molar-refractivity contribution in [3.63, 3.8) is 0 Å². The molecule has 1 saturated heterocycles. The van der Waals surface area contributed by atoms with Gasteiger partial charge in [0.15, 0.2) is 0 Å². The molecule has 1 fully saturated rings. The second-order valence-corrected chi connectivity index (χ2v) is 6.27. The van der Waals surface area contributed by atoms with Crippen LogP contribution in [0.4, 0.5) is 5.95 Å². The van der Waals surface area contributed by atoms with Gasteiger partial charge in [-0.05, 0) is 36.8 Å². The number of hydrogen-bond acceptors (Lipinski definition) is 4. The predicted octanol–water partition coefficient (Wildman–Crippen LogP) is 2.44. The smallest absolute Gasteiger partial charge is 0.225 e. The maximum absolute atomic E-state index is 12.0. The molecule has 5 nitrogen and oxygen atoms in total.